The fourth-order valence-corrected chi connectivity index (χ4v) is 2.60. The van der Waals surface area contributed by atoms with Crippen LogP contribution < -0.4 is 20.7 Å². The SMILES string of the molecule is COc1ccc(C(NN)c2ccc(C)c(Br)c2)cc1OC. The van der Waals surface area contributed by atoms with Crippen LogP contribution in [-0.4, -0.2) is 14.2 Å². The van der Waals surface area contributed by atoms with Crippen LogP contribution in [0.1, 0.15) is 22.7 Å². The molecule has 1 atom stereocenters. The van der Waals surface area contributed by atoms with Crippen LogP contribution in [0.15, 0.2) is 40.9 Å². The highest BCUT2D eigenvalue weighted by molar-refractivity contribution is 9.10. The highest BCUT2D eigenvalue weighted by Gasteiger charge is 2.15. The van der Waals surface area contributed by atoms with Gasteiger partial charge in [0.15, 0.2) is 11.5 Å². The van der Waals surface area contributed by atoms with Crippen molar-refractivity contribution in [1.82, 2.24) is 5.43 Å². The zero-order valence-electron chi connectivity index (χ0n) is 12.3. The topological polar surface area (TPSA) is 56.5 Å². The Balaban J connectivity index is 2.43. The van der Waals surface area contributed by atoms with Crippen molar-refractivity contribution >= 4 is 15.9 Å². The molecule has 4 nitrogen and oxygen atoms in total. The van der Waals surface area contributed by atoms with E-state index in [1.54, 1.807) is 14.2 Å². The first-order chi connectivity index (χ1) is 10.1. The summed E-state index contributed by atoms with van der Waals surface area (Å²) in [7, 11) is 3.24. The summed E-state index contributed by atoms with van der Waals surface area (Å²) in [6, 6.07) is 11.8. The van der Waals surface area contributed by atoms with E-state index in [0.717, 1.165) is 15.6 Å². The van der Waals surface area contributed by atoms with Crippen LogP contribution in [0.3, 0.4) is 0 Å². The van der Waals surface area contributed by atoms with Gasteiger partial charge in [-0.1, -0.05) is 34.1 Å². The molecule has 21 heavy (non-hydrogen) atoms. The molecule has 0 aliphatic carbocycles. The maximum atomic E-state index is 5.75. The first kappa shape index (κ1) is 15.8. The highest BCUT2D eigenvalue weighted by atomic mass is 79.9. The lowest BCUT2D eigenvalue weighted by atomic mass is 9.98. The first-order valence-corrected chi connectivity index (χ1v) is 7.34. The predicted octanol–water partition coefficient (Wildman–Crippen LogP) is 3.33. The molecule has 2 rings (SSSR count). The average molecular weight is 351 g/mol. The van der Waals surface area contributed by atoms with Gasteiger partial charge in [0.2, 0.25) is 0 Å². The summed E-state index contributed by atoms with van der Waals surface area (Å²) in [5, 5.41) is 0. The predicted molar refractivity (Wildman–Crippen MR) is 87.6 cm³/mol. The van der Waals surface area contributed by atoms with Crippen LogP contribution in [0.4, 0.5) is 0 Å². The Kier molecular flexibility index (Phi) is 5.22. The minimum atomic E-state index is -0.123. The fourth-order valence-electron chi connectivity index (χ4n) is 2.21. The number of aryl methyl sites for hydroxylation is 1. The lowest BCUT2D eigenvalue weighted by molar-refractivity contribution is 0.354. The first-order valence-electron chi connectivity index (χ1n) is 6.54. The van der Waals surface area contributed by atoms with E-state index in [4.69, 9.17) is 15.3 Å². The number of nitrogens with two attached hydrogens (primary N) is 1. The van der Waals surface area contributed by atoms with E-state index >= 15 is 0 Å². The molecule has 0 aromatic heterocycles. The average Bonchev–Trinajstić information content (AvgIpc) is 2.51. The van der Waals surface area contributed by atoms with Crippen molar-refractivity contribution in [1.29, 1.82) is 0 Å². The van der Waals surface area contributed by atoms with Gasteiger partial charge in [-0.25, -0.2) is 5.43 Å². The number of hydrogen-bond donors (Lipinski definition) is 2. The van der Waals surface area contributed by atoms with Crippen LogP contribution in [0, 0.1) is 6.92 Å². The molecule has 3 N–H and O–H groups in total. The summed E-state index contributed by atoms with van der Waals surface area (Å²) in [6.07, 6.45) is 0. The third kappa shape index (κ3) is 3.37. The minimum Gasteiger partial charge on any atom is -0.493 e. The van der Waals surface area contributed by atoms with Crippen molar-refractivity contribution in [2.45, 2.75) is 13.0 Å². The molecule has 112 valence electrons. The van der Waals surface area contributed by atoms with Gasteiger partial charge in [-0.15, -0.1) is 0 Å². The smallest absolute Gasteiger partial charge is 0.161 e. The molecule has 1 unspecified atom stereocenters. The molecule has 0 aliphatic heterocycles. The monoisotopic (exact) mass is 350 g/mol. The number of benzene rings is 2. The van der Waals surface area contributed by atoms with Crippen molar-refractivity contribution < 1.29 is 9.47 Å². The highest BCUT2D eigenvalue weighted by Crippen LogP contribution is 2.33. The standard InChI is InChI=1S/C16H19BrN2O2/c1-10-4-5-11(8-13(10)17)16(19-18)12-6-7-14(20-2)15(9-12)21-3/h4-9,16,19H,18H2,1-3H3. The Morgan fingerprint density at radius 3 is 2.19 bits per heavy atom. The summed E-state index contributed by atoms with van der Waals surface area (Å²) < 4.78 is 11.7. The molecule has 0 aliphatic rings. The van der Waals surface area contributed by atoms with Gasteiger partial charge in [0.1, 0.15) is 0 Å². The summed E-state index contributed by atoms with van der Waals surface area (Å²) in [4.78, 5) is 0. The third-order valence-corrected chi connectivity index (χ3v) is 4.29. The van der Waals surface area contributed by atoms with E-state index in [1.807, 2.05) is 18.2 Å². The zero-order valence-corrected chi connectivity index (χ0v) is 13.9. The zero-order chi connectivity index (χ0) is 15.4. The summed E-state index contributed by atoms with van der Waals surface area (Å²) in [5.41, 5.74) is 6.11. The number of ether oxygens (including phenoxy) is 2. The van der Waals surface area contributed by atoms with Gasteiger partial charge in [0.05, 0.1) is 20.3 Å². The summed E-state index contributed by atoms with van der Waals surface area (Å²) in [5.74, 6) is 7.13. The van der Waals surface area contributed by atoms with Crippen molar-refractivity contribution in [2.75, 3.05) is 14.2 Å². The largest absolute Gasteiger partial charge is 0.493 e. The molecular weight excluding hydrogens is 332 g/mol. The van der Waals surface area contributed by atoms with Gasteiger partial charge in [0, 0.05) is 4.47 Å². The number of nitrogens with one attached hydrogen (secondary N) is 1. The second kappa shape index (κ2) is 6.93. The van der Waals surface area contributed by atoms with Gasteiger partial charge in [-0.05, 0) is 41.8 Å². The molecule has 0 saturated carbocycles. The van der Waals surface area contributed by atoms with E-state index < -0.39 is 0 Å². The van der Waals surface area contributed by atoms with Crippen molar-refractivity contribution in [3.63, 3.8) is 0 Å². The maximum absolute atomic E-state index is 5.75. The van der Waals surface area contributed by atoms with Gasteiger partial charge in [-0.3, -0.25) is 5.84 Å². The van der Waals surface area contributed by atoms with Crippen molar-refractivity contribution in [2.24, 2.45) is 5.84 Å². The molecule has 5 heteroatoms. The second-order valence-corrected chi connectivity index (χ2v) is 5.58. The number of hydrogen-bond acceptors (Lipinski definition) is 4. The Labute approximate surface area is 133 Å². The summed E-state index contributed by atoms with van der Waals surface area (Å²) in [6.45, 7) is 2.05. The molecule has 0 saturated heterocycles. The number of halogens is 1. The third-order valence-electron chi connectivity index (χ3n) is 3.44. The van der Waals surface area contributed by atoms with Crippen LogP contribution in [0.5, 0.6) is 11.5 Å². The molecule has 0 radical (unpaired) electrons. The van der Waals surface area contributed by atoms with E-state index in [9.17, 15) is 0 Å². The Morgan fingerprint density at radius 2 is 1.62 bits per heavy atom. The Bertz CT molecular complexity index is 632. The quantitative estimate of drug-likeness (QED) is 0.641. The van der Waals surface area contributed by atoms with E-state index in [1.165, 1.54) is 5.56 Å². The number of methoxy groups -OCH3 is 2. The number of rotatable bonds is 5. The number of hydrazine groups is 1. The van der Waals surface area contributed by atoms with Gasteiger partial charge < -0.3 is 9.47 Å². The molecule has 0 spiro atoms. The molecular formula is C16H19BrN2O2. The molecule has 2 aromatic carbocycles. The fraction of sp³-hybridized carbons (Fsp3) is 0.250. The lowest BCUT2D eigenvalue weighted by Gasteiger charge is -2.19. The Hall–Kier alpha value is -1.56. The Morgan fingerprint density at radius 1 is 1.00 bits per heavy atom. The minimum absolute atomic E-state index is 0.123. The van der Waals surface area contributed by atoms with E-state index in [-0.39, 0.29) is 6.04 Å². The maximum Gasteiger partial charge on any atom is 0.161 e. The van der Waals surface area contributed by atoms with Crippen LogP contribution in [0.2, 0.25) is 0 Å². The van der Waals surface area contributed by atoms with Gasteiger partial charge >= 0.3 is 0 Å². The molecule has 0 amide bonds. The molecule has 2 aromatic rings. The van der Waals surface area contributed by atoms with Crippen molar-refractivity contribution in [3.8, 4) is 11.5 Å². The van der Waals surface area contributed by atoms with E-state index in [2.05, 4.69) is 46.5 Å². The second-order valence-electron chi connectivity index (χ2n) is 4.72. The molecule has 0 heterocycles. The normalized spacial score (nSPS) is 12.0. The van der Waals surface area contributed by atoms with Crippen LogP contribution in [-0.2, 0) is 0 Å². The summed E-state index contributed by atoms with van der Waals surface area (Å²) >= 11 is 3.55. The van der Waals surface area contributed by atoms with E-state index in [0.29, 0.717) is 11.5 Å². The van der Waals surface area contributed by atoms with Gasteiger partial charge in [-0.2, -0.15) is 0 Å². The lowest BCUT2D eigenvalue weighted by Crippen LogP contribution is -2.28. The van der Waals surface area contributed by atoms with Crippen LogP contribution in [0.25, 0.3) is 0 Å². The van der Waals surface area contributed by atoms with Gasteiger partial charge in [0.25, 0.3) is 0 Å². The molecule has 0 fully saturated rings. The van der Waals surface area contributed by atoms with Crippen LogP contribution >= 0.6 is 15.9 Å². The molecule has 0 bridgehead atoms. The van der Waals surface area contributed by atoms with Crippen molar-refractivity contribution in [3.05, 3.63) is 57.6 Å².